The third-order valence-electron chi connectivity index (χ3n) is 2.74. The molecular formula is C13H11BrN4O. The van der Waals surface area contributed by atoms with E-state index in [0.29, 0.717) is 11.5 Å². The van der Waals surface area contributed by atoms with Gasteiger partial charge in [-0.3, -0.25) is 0 Å². The van der Waals surface area contributed by atoms with Gasteiger partial charge in [0.05, 0.1) is 22.6 Å². The molecule has 0 saturated heterocycles. The molecule has 0 aliphatic heterocycles. The van der Waals surface area contributed by atoms with E-state index in [-0.39, 0.29) is 0 Å². The summed E-state index contributed by atoms with van der Waals surface area (Å²) in [7, 11) is 0. The Labute approximate surface area is 118 Å². The maximum Gasteiger partial charge on any atom is 0.140 e. The van der Waals surface area contributed by atoms with Crippen molar-refractivity contribution in [2.24, 2.45) is 5.73 Å². The molecule has 6 heteroatoms. The average molecular weight is 319 g/mol. The minimum absolute atomic E-state index is 0.443. The quantitative estimate of drug-likeness (QED) is 0.806. The molecule has 3 rings (SSSR count). The number of aromatic nitrogens is 3. The Kier molecular flexibility index (Phi) is 3.18. The van der Waals surface area contributed by atoms with Gasteiger partial charge < -0.3 is 10.2 Å². The first-order chi connectivity index (χ1) is 9.25. The van der Waals surface area contributed by atoms with Gasteiger partial charge in [0, 0.05) is 0 Å². The van der Waals surface area contributed by atoms with Gasteiger partial charge in [-0.25, -0.2) is 0 Å². The predicted molar refractivity (Wildman–Crippen MR) is 73.8 cm³/mol. The van der Waals surface area contributed by atoms with Crippen molar-refractivity contribution < 1.29 is 4.42 Å². The Balaban J connectivity index is 1.92. The second-order valence-corrected chi connectivity index (χ2v) is 4.86. The van der Waals surface area contributed by atoms with E-state index in [1.54, 1.807) is 23.3 Å². The van der Waals surface area contributed by atoms with Crippen LogP contribution in [-0.4, -0.2) is 15.0 Å². The van der Waals surface area contributed by atoms with Crippen LogP contribution in [0.1, 0.15) is 17.5 Å². The largest absolute Gasteiger partial charge is 0.466 e. The Morgan fingerprint density at radius 1 is 1.21 bits per heavy atom. The monoisotopic (exact) mass is 318 g/mol. The van der Waals surface area contributed by atoms with Gasteiger partial charge in [-0.1, -0.05) is 18.2 Å². The normalized spacial score (nSPS) is 12.5. The van der Waals surface area contributed by atoms with Gasteiger partial charge in [0.1, 0.15) is 17.5 Å². The fourth-order valence-electron chi connectivity index (χ4n) is 1.76. The zero-order valence-electron chi connectivity index (χ0n) is 9.90. The van der Waals surface area contributed by atoms with Crippen LogP contribution in [0.3, 0.4) is 0 Å². The summed E-state index contributed by atoms with van der Waals surface area (Å²) in [6.45, 7) is 0. The van der Waals surface area contributed by atoms with Gasteiger partial charge in [-0.15, -0.1) is 0 Å². The van der Waals surface area contributed by atoms with E-state index >= 15 is 0 Å². The van der Waals surface area contributed by atoms with Crippen molar-refractivity contribution in [2.45, 2.75) is 6.04 Å². The maximum absolute atomic E-state index is 6.11. The first-order valence-corrected chi connectivity index (χ1v) is 6.51. The van der Waals surface area contributed by atoms with Crippen molar-refractivity contribution in [2.75, 3.05) is 0 Å². The summed E-state index contributed by atoms with van der Waals surface area (Å²) in [4.78, 5) is 1.55. The molecule has 0 radical (unpaired) electrons. The van der Waals surface area contributed by atoms with Crippen LogP contribution < -0.4 is 5.73 Å². The Morgan fingerprint density at radius 3 is 2.68 bits per heavy atom. The number of para-hydroxylation sites is 1. The van der Waals surface area contributed by atoms with Crippen LogP contribution in [0.25, 0.3) is 5.69 Å². The van der Waals surface area contributed by atoms with E-state index in [0.717, 1.165) is 10.2 Å². The molecule has 1 aromatic carbocycles. The number of furan rings is 1. The first-order valence-electron chi connectivity index (χ1n) is 5.72. The number of halogens is 1. The molecule has 0 fully saturated rings. The third-order valence-corrected chi connectivity index (χ3v) is 3.40. The van der Waals surface area contributed by atoms with E-state index in [2.05, 4.69) is 26.1 Å². The maximum atomic E-state index is 6.11. The van der Waals surface area contributed by atoms with E-state index in [9.17, 15) is 0 Å². The molecule has 1 unspecified atom stereocenters. The number of hydrogen-bond donors (Lipinski definition) is 1. The lowest BCUT2D eigenvalue weighted by Crippen LogP contribution is -2.12. The highest BCUT2D eigenvalue weighted by atomic mass is 79.9. The summed E-state index contributed by atoms with van der Waals surface area (Å²) >= 11 is 3.39. The van der Waals surface area contributed by atoms with Crippen molar-refractivity contribution in [3.63, 3.8) is 0 Å². The van der Waals surface area contributed by atoms with Crippen molar-refractivity contribution in [1.29, 1.82) is 0 Å². The zero-order chi connectivity index (χ0) is 13.2. The van der Waals surface area contributed by atoms with E-state index < -0.39 is 6.04 Å². The second-order valence-electron chi connectivity index (χ2n) is 4.00. The topological polar surface area (TPSA) is 69.9 Å². The lowest BCUT2D eigenvalue weighted by Gasteiger charge is -2.05. The van der Waals surface area contributed by atoms with Gasteiger partial charge >= 0.3 is 0 Å². The lowest BCUT2D eigenvalue weighted by molar-refractivity contribution is 0.483. The standard InChI is InChI=1S/C13H11BrN4O/c14-10-6-7-19-13(10)12(15)11-8-16-18(17-11)9-4-2-1-3-5-9/h1-8,12H,15H2. The fourth-order valence-corrected chi connectivity index (χ4v) is 2.21. The number of nitrogens with zero attached hydrogens (tertiary/aromatic N) is 3. The van der Waals surface area contributed by atoms with Crippen molar-refractivity contribution in [3.05, 3.63) is 64.8 Å². The molecule has 2 heterocycles. The summed E-state index contributed by atoms with van der Waals surface area (Å²) in [5.41, 5.74) is 7.65. The van der Waals surface area contributed by atoms with Gasteiger partial charge in [-0.05, 0) is 34.1 Å². The summed E-state index contributed by atoms with van der Waals surface area (Å²) in [5.74, 6) is 0.639. The first kappa shape index (κ1) is 12.1. The molecule has 96 valence electrons. The molecule has 1 atom stereocenters. The lowest BCUT2D eigenvalue weighted by atomic mass is 10.2. The summed E-state index contributed by atoms with van der Waals surface area (Å²) < 4.78 is 6.17. The minimum Gasteiger partial charge on any atom is -0.466 e. The molecule has 19 heavy (non-hydrogen) atoms. The Hall–Kier alpha value is -1.92. The van der Waals surface area contributed by atoms with Gasteiger partial charge in [0.15, 0.2) is 0 Å². The minimum atomic E-state index is -0.443. The number of hydrogen-bond acceptors (Lipinski definition) is 4. The van der Waals surface area contributed by atoms with E-state index in [4.69, 9.17) is 10.2 Å². The highest BCUT2D eigenvalue weighted by Gasteiger charge is 2.19. The molecule has 2 N–H and O–H groups in total. The second kappa shape index (κ2) is 4.99. The van der Waals surface area contributed by atoms with Crippen LogP contribution in [0, 0.1) is 0 Å². The molecule has 0 bridgehead atoms. The van der Waals surface area contributed by atoms with E-state index in [1.165, 1.54) is 0 Å². The highest BCUT2D eigenvalue weighted by molar-refractivity contribution is 9.10. The molecule has 0 spiro atoms. The molecule has 2 aromatic heterocycles. The smallest absolute Gasteiger partial charge is 0.140 e. The molecule has 0 aliphatic carbocycles. The molecule has 5 nitrogen and oxygen atoms in total. The van der Waals surface area contributed by atoms with Crippen LogP contribution in [0.4, 0.5) is 0 Å². The van der Waals surface area contributed by atoms with Crippen molar-refractivity contribution in [3.8, 4) is 5.69 Å². The van der Waals surface area contributed by atoms with Crippen molar-refractivity contribution >= 4 is 15.9 Å². The van der Waals surface area contributed by atoms with Crippen LogP contribution >= 0.6 is 15.9 Å². The predicted octanol–water partition coefficient (Wildman–Crippen LogP) is 2.67. The molecule has 0 amide bonds. The molecule has 3 aromatic rings. The summed E-state index contributed by atoms with van der Waals surface area (Å²) in [6, 6.07) is 11.0. The third kappa shape index (κ3) is 2.32. The summed E-state index contributed by atoms with van der Waals surface area (Å²) in [5, 5.41) is 8.59. The zero-order valence-corrected chi connectivity index (χ0v) is 11.5. The van der Waals surface area contributed by atoms with Crippen LogP contribution in [0.15, 0.2) is 57.7 Å². The fraction of sp³-hybridized carbons (Fsp3) is 0.0769. The number of benzene rings is 1. The molecule has 0 aliphatic rings. The van der Waals surface area contributed by atoms with E-state index in [1.807, 2.05) is 30.3 Å². The van der Waals surface area contributed by atoms with Crippen LogP contribution in [-0.2, 0) is 0 Å². The van der Waals surface area contributed by atoms with Gasteiger partial charge in [0.2, 0.25) is 0 Å². The average Bonchev–Trinajstić information content (AvgIpc) is 3.08. The highest BCUT2D eigenvalue weighted by Crippen LogP contribution is 2.26. The van der Waals surface area contributed by atoms with Gasteiger partial charge in [0.25, 0.3) is 0 Å². The molecular weight excluding hydrogens is 308 g/mol. The van der Waals surface area contributed by atoms with Crippen LogP contribution in [0.5, 0.6) is 0 Å². The Bertz CT molecular complexity index is 677. The summed E-state index contributed by atoms with van der Waals surface area (Å²) in [6.07, 6.45) is 3.23. The van der Waals surface area contributed by atoms with Crippen molar-refractivity contribution in [1.82, 2.24) is 15.0 Å². The van der Waals surface area contributed by atoms with Gasteiger partial charge in [-0.2, -0.15) is 15.0 Å². The SMILES string of the molecule is NC(c1cnn(-c2ccccc2)n1)c1occc1Br. The molecule has 0 saturated carbocycles. The number of rotatable bonds is 3. The number of nitrogens with two attached hydrogens (primary N) is 1. The Morgan fingerprint density at radius 2 is 2.00 bits per heavy atom. The van der Waals surface area contributed by atoms with Crippen LogP contribution in [0.2, 0.25) is 0 Å².